The maximum atomic E-state index is 8.85. The molecular weight excluding hydrogens is 226 g/mol. The predicted molar refractivity (Wildman–Crippen MR) is 72.4 cm³/mol. The molecule has 1 saturated heterocycles. The Morgan fingerprint density at radius 2 is 2.17 bits per heavy atom. The van der Waals surface area contributed by atoms with E-state index in [0.29, 0.717) is 17.2 Å². The second-order valence-electron chi connectivity index (χ2n) is 4.82. The molecule has 1 heterocycles. The molecule has 0 bridgehead atoms. The largest absolute Gasteiger partial charge is 0.398 e. The molecule has 18 heavy (non-hydrogen) atoms. The van der Waals surface area contributed by atoms with Gasteiger partial charge in [0.1, 0.15) is 6.07 Å². The quantitative estimate of drug-likeness (QED) is 0.827. The van der Waals surface area contributed by atoms with Crippen molar-refractivity contribution in [1.82, 2.24) is 0 Å². The normalized spacial score (nSPS) is 16.2. The van der Waals surface area contributed by atoms with E-state index in [9.17, 15) is 0 Å². The van der Waals surface area contributed by atoms with Gasteiger partial charge in [-0.1, -0.05) is 0 Å². The van der Waals surface area contributed by atoms with Crippen molar-refractivity contribution >= 4 is 11.4 Å². The highest BCUT2D eigenvalue weighted by molar-refractivity contribution is 5.63. The molecule has 1 aromatic carbocycles. The number of nitrogen functional groups attached to an aromatic ring is 1. The van der Waals surface area contributed by atoms with Gasteiger partial charge < -0.3 is 15.4 Å². The van der Waals surface area contributed by atoms with Gasteiger partial charge in [-0.15, -0.1) is 0 Å². The van der Waals surface area contributed by atoms with Crippen LogP contribution in [-0.4, -0.2) is 26.8 Å². The third kappa shape index (κ3) is 2.93. The number of rotatable bonds is 3. The summed E-state index contributed by atoms with van der Waals surface area (Å²) in [6, 6.07) is 7.69. The number of nitrogens with zero attached hydrogens (tertiary/aromatic N) is 2. The van der Waals surface area contributed by atoms with Crippen LogP contribution >= 0.6 is 0 Å². The topological polar surface area (TPSA) is 62.3 Å². The van der Waals surface area contributed by atoms with Crippen molar-refractivity contribution in [2.24, 2.45) is 5.92 Å². The molecule has 0 amide bonds. The van der Waals surface area contributed by atoms with Crippen molar-refractivity contribution in [3.8, 4) is 6.07 Å². The molecule has 96 valence electrons. The second kappa shape index (κ2) is 5.74. The number of ether oxygens (including phenoxy) is 1. The Balaban J connectivity index is 2.02. The van der Waals surface area contributed by atoms with E-state index in [4.69, 9.17) is 15.7 Å². The summed E-state index contributed by atoms with van der Waals surface area (Å²) in [5, 5.41) is 8.85. The summed E-state index contributed by atoms with van der Waals surface area (Å²) in [7, 11) is 2.07. The van der Waals surface area contributed by atoms with E-state index >= 15 is 0 Å². The fraction of sp³-hybridized carbons (Fsp3) is 0.500. The van der Waals surface area contributed by atoms with Gasteiger partial charge in [-0.25, -0.2) is 0 Å². The van der Waals surface area contributed by atoms with Crippen LogP contribution in [0, 0.1) is 17.2 Å². The van der Waals surface area contributed by atoms with Crippen molar-refractivity contribution in [3.63, 3.8) is 0 Å². The maximum absolute atomic E-state index is 8.85. The second-order valence-corrected chi connectivity index (χ2v) is 4.82. The van der Waals surface area contributed by atoms with Gasteiger partial charge in [0.2, 0.25) is 0 Å². The number of nitrogens with two attached hydrogens (primary N) is 1. The van der Waals surface area contributed by atoms with Gasteiger partial charge in [0.15, 0.2) is 0 Å². The smallest absolute Gasteiger partial charge is 0.101 e. The number of nitriles is 1. The molecule has 0 radical (unpaired) electrons. The van der Waals surface area contributed by atoms with Gasteiger partial charge in [0.25, 0.3) is 0 Å². The van der Waals surface area contributed by atoms with Crippen molar-refractivity contribution in [2.45, 2.75) is 12.8 Å². The highest BCUT2D eigenvalue weighted by atomic mass is 16.5. The summed E-state index contributed by atoms with van der Waals surface area (Å²) in [4.78, 5) is 2.20. The first kappa shape index (κ1) is 12.7. The maximum Gasteiger partial charge on any atom is 0.101 e. The number of hydrogen-bond acceptors (Lipinski definition) is 4. The van der Waals surface area contributed by atoms with E-state index in [1.165, 1.54) is 0 Å². The molecule has 1 aliphatic rings. The van der Waals surface area contributed by atoms with Gasteiger partial charge >= 0.3 is 0 Å². The molecule has 2 rings (SSSR count). The van der Waals surface area contributed by atoms with E-state index in [-0.39, 0.29) is 0 Å². The van der Waals surface area contributed by atoms with Crippen LogP contribution in [0.15, 0.2) is 18.2 Å². The van der Waals surface area contributed by atoms with Gasteiger partial charge in [-0.3, -0.25) is 0 Å². The molecule has 0 spiro atoms. The standard InChI is InChI=1S/C14H19N3O/c1-17(10-11-4-6-18-7-5-11)13-3-2-12(9-15)14(16)8-13/h2-3,8,11H,4-7,10,16H2,1H3. The van der Waals surface area contributed by atoms with E-state index in [2.05, 4.69) is 18.0 Å². The van der Waals surface area contributed by atoms with E-state index in [1.807, 2.05) is 12.1 Å². The first-order valence-corrected chi connectivity index (χ1v) is 6.29. The minimum atomic E-state index is 0.540. The highest BCUT2D eigenvalue weighted by Crippen LogP contribution is 2.23. The van der Waals surface area contributed by atoms with Crippen LogP contribution in [-0.2, 0) is 4.74 Å². The Kier molecular flexibility index (Phi) is 4.06. The molecule has 0 saturated carbocycles. The summed E-state index contributed by atoms with van der Waals surface area (Å²) in [6.45, 7) is 2.75. The third-order valence-corrected chi connectivity index (χ3v) is 3.47. The summed E-state index contributed by atoms with van der Waals surface area (Å²) in [5.41, 5.74) is 7.99. The van der Waals surface area contributed by atoms with Crippen LogP contribution in [0.5, 0.6) is 0 Å². The van der Waals surface area contributed by atoms with Crippen molar-refractivity contribution in [3.05, 3.63) is 23.8 Å². The summed E-state index contributed by atoms with van der Waals surface area (Å²) in [5.74, 6) is 0.681. The zero-order valence-electron chi connectivity index (χ0n) is 10.7. The Hall–Kier alpha value is -1.73. The number of benzene rings is 1. The zero-order chi connectivity index (χ0) is 13.0. The Morgan fingerprint density at radius 3 is 2.78 bits per heavy atom. The monoisotopic (exact) mass is 245 g/mol. The zero-order valence-corrected chi connectivity index (χ0v) is 10.7. The SMILES string of the molecule is CN(CC1CCOCC1)c1ccc(C#N)c(N)c1. The van der Waals surface area contributed by atoms with Crippen LogP contribution in [0.2, 0.25) is 0 Å². The Bertz CT molecular complexity index is 447. The number of hydrogen-bond donors (Lipinski definition) is 1. The van der Waals surface area contributed by atoms with E-state index < -0.39 is 0 Å². The lowest BCUT2D eigenvalue weighted by Gasteiger charge is -2.28. The third-order valence-electron chi connectivity index (χ3n) is 3.47. The lowest BCUT2D eigenvalue weighted by atomic mass is 9.99. The molecule has 1 aliphatic heterocycles. The average molecular weight is 245 g/mol. The van der Waals surface area contributed by atoms with Crippen molar-refractivity contribution in [2.75, 3.05) is 37.4 Å². The fourth-order valence-electron chi connectivity index (χ4n) is 2.31. The van der Waals surface area contributed by atoms with Gasteiger partial charge in [-0.05, 0) is 37.0 Å². The molecule has 4 heteroatoms. The van der Waals surface area contributed by atoms with Crippen LogP contribution in [0.3, 0.4) is 0 Å². The summed E-state index contributed by atoms with van der Waals surface area (Å²) < 4.78 is 5.36. The van der Waals surface area contributed by atoms with Crippen LogP contribution in [0.25, 0.3) is 0 Å². The number of anilines is 2. The molecule has 0 atom stereocenters. The molecule has 0 aliphatic carbocycles. The molecule has 4 nitrogen and oxygen atoms in total. The van der Waals surface area contributed by atoms with Crippen molar-refractivity contribution < 1.29 is 4.74 Å². The summed E-state index contributed by atoms with van der Waals surface area (Å²) >= 11 is 0. The molecule has 1 aromatic rings. The Labute approximate surface area is 108 Å². The van der Waals surface area contributed by atoms with Gasteiger partial charge in [0, 0.05) is 32.5 Å². The van der Waals surface area contributed by atoms with E-state index in [0.717, 1.165) is 38.3 Å². The Morgan fingerprint density at radius 1 is 1.44 bits per heavy atom. The minimum Gasteiger partial charge on any atom is -0.398 e. The summed E-state index contributed by atoms with van der Waals surface area (Å²) in [6.07, 6.45) is 2.24. The molecule has 2 N–H and O–H groups in total. The molecule has 0 unspecified atom stereocenters. The predicted octanol–water partition coefficient (Wildman–Crippen LogP) is 2.00. The first-order valence-electron chi connectivity index (χ1n) is 6.29. The van der Waals surface area contributed by atoms with Crippen molar-refractivity contribution in [1.29, 1.82) is 5.26 Å². The van der Waals surface area contributed by atoms with Gasteiger partial charge in [0.05, 0.1) is 11.3 Å². The molecular formula is C14H19N3O. The van der Waals surface area contributed by atoms with Crippen LogP contribution in [0.4, 0.5) is 11.4 Å². The highest BCUT2D eigenvalue weighted by Gasteiger charge is 2.16. The average Bonchev–Trinajstić information content (AvgIpc) is 2.39. The first-order chi connectivity index (χ1) is 8.70. The minimum absolute atomic E-state index is 0.540. The van der Waals surface area contributed by atoms with Crippen LogP contribution in [0.1, 0.15) is 18.4 Å². The van der Waals surface area contributed by atoms with Crippen LogP contribution < -0.4 is 10.6 Å². The fourth-order valence-corrected chi connectivity index (χ4v) is 2.31. The van der Waals surface area contributed by atoms with Gasteiger partial charge in [-0.2, -0.15) is 5.26 Å². The lowest BCUT2D eigenvalue weighted by molar-refractivity contribution is 0.0685. The molecule has 1 fully saturated rings. The molecule has 0 aromatic heterocycles. The van der Waals surface area contributed by atoms with E-state index in [1.54, 1.807) is 6.07 Å². The lowest BCUT2D eigenvalue weighted by Crippen LogP contribution is -2.29.